The van der Waals surface area contributed by atoms with Gasteiger partial charge < -0.3 is 8.98 Å². The molecule has 0 spiro atoms. The molecule has 2 nitrogen and oxygen atoms in total. The molecule has 0 aliphatic heterocycles. The van der Waals surface area contributed by atoms with Crippen LogP contribution in [0.1, 0.15) is 29.0 Å². The van der Waals surface area contributed by atoms with Crippen LogP contribution in [0.3, 0.4) is 0 Å². The molecule has 10 aromatic carbocycles. The van der Waals surface area contributed by atoms with Gasteiger partial charge in [0.2, 0.25) is 0 Å². The van der Waals surface area contributed by atoms with Gasteiger partial charge in [0.05, 0.1) is 11.0 Å². The van der Waals surface area contributed by atoms with Crippen LogP contribution in [0.15, 0.2) is 235 Å². The van der Waals surface area contributed by atoms with Crippen LogP contribution in [0.5, 0.6) is 0 Å². The maximum absolute atomic E-state index is 6.54. The maximum Gasteiger partial charge on any atom is 0.136 e. The van der Waals surface area contributed by atoms with Crippen molar-refractivity contribution < 1.29 is 4.42 Å². The van der Waals surface area contributed by atoms with Crippen LogP contribution >= 0.6 is 0 Å². The van der Waals surface area contributed by atoms with Crippen molar-refractivity contribution in [3.63, 3.8) is 0 Å². The Kier molecular flexibility index (Phi) is 9.08. The van der Waals surface area contributed by atoms with Crippen LogP contribution in [0.4, 0.5) is 0 Å². The molecule has 2 heterocycles. The van der Waals surface area contributed by atoms with Crippen molar-refractivity contribution in [3.8, 4) is 39.1 Å². The summed E-state index contributed by atoms with van der Waals surface area (Å²) in [5.41, 5.74) is 16.5. The maximum atomic E-state index is 6.54. The van der Waals surface area contributed by atoms with E-state index in [2.05, 4.69) is 235 Å². The molecule has 0 aliphatic rings. The predicted molar refractivity (Wildman–Crippen MR) is 265 cm³/mol. The smallest absolute Gasteiger partial charge is 0.136 e. The van der Waals surface area contributed by atoms with Gasteiger partial charge in [0.25, 0.3) is 0 Å². The second kappa shape index (κ2) is 15.5. The summed E-state index contributed by atoms with van der Waals surface area (Å²) in [5, 5.41) is 7.37. The van der Waals surface area contributed by atoms with Gasteiger partial charge in [0.1, 0.15) is 11.2 Å². The molecule has 0 bridgehead atoms. The van der Waals surface area contributed by atoms with Crippen molar-refractivity contribution in [2.45, 2.75) is 18.8 Å². The minimum absolute atomic E-state index is 0.293. The van der Waals surface area contributed by atoms with Crippen molar-refractivity contribution in [2.75, 3.05) is 0 Å². The molecule has 1 unspecified atom stereocenters. The molecule has 0 saturated heterocycles. The van der Waals surface area contributed by atoms with E-state index >= 15 is 0 Å². The SMILES string of the molecule is c1ccc(C(CCc2ccc3ccccc3c2)c2ccc(-c3ccc4oc5cccc(-c6cccc(-c7ccc8c9ccccc9n(-c9ccccc9)c8c7)c6)c5c4c3)cc2)cc1. The highest BCUT2D eigenvalue weighted by Gasteiger charge is 2.18. The van der Waals surface area contributed by atoms with E-state index in [-0.39, 0.29) is 0 Å². The molecular formula is C61H43NO. The van der Waals surface area contributed by atoms with Gasteiger partial charge in [0, 0.05) is 33.2 Å². The molecule has 2 heteroatoms. The molecule has 63 heavy (non-hydrogen) atoms. The number of benzene rings is 10. The highest BCUT2D eigenvalue weighted by molar-refractivity contribution is 6.14. The van der Waals surface area contributed by atoms with E-state index in [1.807, 2.05) is 0 Å². The summed E-state index contributed by atoms with van der Waals surface area (Å²) in [6.07, 6.45) is 2.04. The number of furan rings is 1. The summed E-state index contributed by atoms with van der Waals surface area (Å²) < 4.78 is 8.92. The van der Waals surface area contributed by atoms with Crippen molar-refractivity contribution in [3.05, 3.63) is 247 Å². The van der Waals surface area contributed by atoms with E-state index in [1.54, 1.807) is 0 Å². The zero-order valence-corrected chi connectivity index (χ0v) is 34.8. The van der Waals surface area contributed by atoms with Crippen LogP contribution in [-0.2, 0) is 6.42 Å². The molecule has 0 N–H and O–H groups in total. The molecule has 0 radical (unpaired) electrons. The van der Waals surface area contributed by atoms with E-state index in [9.17, 15) is 0 Å². The Morgan fingerprint density at radius 2 is 1.05 bits per heavy atom. The number of para-hydroxylation sites is 2. The Hall–Kier alpha value is -7.94. The summed E-state index contributed by atoms with van der Waals surface area (Å²) in [5.74, 6) is 0.293. The standard InChI is InChI=1S/C61H43NO/c1-3-14-44(15-4-1)52(34-26-41-25-27-42-13-7-8-16-46(42)37-41)45-30-28-43(29-31-45)48-33-36-59-56(39-48)61-53(22-12-24-60(61)63-59)50-18-11-17-47(38-50)49-32-35-55-54-21-9-10-23-57(54)62(58(55)40-49)51-19-5-2-6-20-51/h1-25,27-33,35-40,52H,26,34H2. The van der Waals surface area contributed by atoms with Gasteiger partial charge >= 0.3 is 0 Å². The first kappa shape index (κ1) is 36.9. The molecule has 0 aliphatic carbocycles. The first-order valence-electron chi connectivity index (χ1n) is 22.0. The molecule has 12 aromatic rings. The van der Waals surface area contributed by atoms with E-state index < -0.39 is 0 Å². The fourth-order valence-electron chi connectivity index (χ4n) is 9.94. The Morgan fingerprint density at radius 1 is 0.381 bits per heavy atom. The zero-order chi connectivity index (χ0) is 41.7. The lowest BCUT2D eigenvalue weighted by molar-refractivity contribution is 0.669. The minimum Gasteiger partial charge on any atom is -0.456 e. The van der Waals surface area contributed by atoms with Crippen molar-refractivity contribution in [1.29, 1.82) is 0 Å². The summed E-state index contributed by atoms with van der Waals surface area (Å²) in [4.78, 5) is 0. The summed E-state index contributed by atoms with van der Waals surface area (Å²) >= 11 is 0. The summed E-state index contributed by atoms with van der Waals surface area (Å²) in [6.45, 7) is 0. The number of nitrogens with zero attached hydrogens (tertiary/aromatic N) is 1. The minimum atomic E-state index is 0.293. The van der Waals surface area contributed by atoms with Crippen molar-refractivity contribution in [1.82, 2.24) is 4.57 Å². The fourth-order valence-corrected chi connectivity index (χ4v) is 9.94. The summed E-state index contributed by atoms with van der Waals surface area (Å²) in [6, 6.07) is 84.1. The number of hydrogen-bond acceptors (Lipinski definition) is 1. The number of fused-ring (bicyclic) bond motifs is 7. The van der Waals surface area contributed by atoms with Gasteiger partial charge in [-0.2, -0.15) is 0 Å². The van der Waals surface area contributed by atoms with Crippen LogP contribution < -0.4 is 0 Å². The third-order valence-corrected chi connectivity index (χ3v) is 13.1. The first-order chi connectivity index (χ1) is 31.2. The predicted octanol–water partition coefficient (Wildman–Crippen LogP) is 16.6. The van der Waals surface area contributed by atoms with E-state index in [0.717, 1.165) is 51.6 Å². The lowest BCUT2D eigenvalue weighted by Gasteiger charge is -2.19. The second-order valence-corrected chi connectivity index (χ2v) is 16.8. The fraction of sp³-hybridized carbons (Fsp3) is 0.0492. The highest BCUT2D eigenvalue weighted by Crippen LogP contribution is 2.41. The van der Waals surface area contributed by atoms with Crippen molar-refractivity contribution >= 4 is 54.5 Å². The number of aromatic nitrogens is 1. The van der Waals surface area contributed by atoms with E-state index in [1.165, 1.54) is 71.5 Å². The van der Waals surface area contributed by atoms with Crippen LogP contribution in [-0.4, -0.2) is 4.57 Å². The largest absolute Gasteiger partial charge is 0.456 e. The van der Waals surface area contributed by atoms with E-state index in [0.29, 0.717) is 5.92 Å². The molecular weight excluding hydrogens is 763 g/mol. The average Bonchev–Trinajstić information content (AvgIpc) is 3.90. The topological polar surface area (TPSA) is 18.1 Å². The molecule has 2 aromatic heterocycles. The van der Waals surface area contributed by atoms with Gasteiger partial charge in [0.15, 0.2) is 0 Å². The van der Waals surface area contributed by atoms with Gasteiger partial charge in [-0.3, -0.25) is 0 Å². The van der Waals surface area contributed by atoms with E-state index in [4.69, 9.17) is 4.42 Å². The van der Waals surface area contributed by atoms with Crippen molar-refractivity contribution in [2.24, 2.45) is 0 Å². The average molecular weight is 806 g/mol. The molecule has 0 amide bonds. The van der Waals surface area contributed by atoms with Crippen LogP contribution in [0, 0.1) is 0 Å². The molecule has 12 rings (SSSR count). The number of rotatable bonds is 9. The second-order valence-electron chi connectivity index (χ2n) is 16.8. The molecule has 0 saturated carbocycles. The molecule has 1 atom stereocenters. The molecule has 298 valence electrons. The lowest BCUT2D eigenvalue weighted by atomic mass is 9.85. The first-order valence-corrected chi connectivity index (χ1v) is 22.0. The van der Waals surface area contributed by atoms with Crippen LogP contribution in [0.25, 0.3) is 93.6 Å². The summed E-state index contributed by atoms with van der Waals surface area (Å²) in [7, 11) is 0. The Bertz CT molecular complexity index is 3610. The monoisotopic (exact) mass is 805 g/mol. The quantitative estimate of drug-likeness (QED) is 0.142. The number of hydrogen-bond donors (Lipinski definition) is 0. The zero-order valence-electron chi connectivity index (χ0n) is 34.8. The van der Waals surface area contributed by atoms with Crippen LogP contribution in [0.2, 0.25) is 0 Å². The van der Waals surface area contributed by atoms with Gasteiger partial charge in [-0.1, -0.05) is 182 Å². The Labute approximate surface area is 366 Å². The lowest BCUT2D eigenvalue weighted by Crippen LogP contribution is -2.03. The van der Waals surface area contributed by atoms with Gasteiger partial charge in [-0.15, -0.1) is 0 Å². The highest BCUT2D eigenvalue weighted by atomic mass is 16.3. The van der Waals surface area contributed by atoms with Gasteiger partial charge in [-0.05, 0) is 122 Å². The third-order valence-electron chi connectivity index (χ3n) is 13.1. The third kappa shape index (κ3) is 6.68. The Morgan fingerprint density at radius 3 is 1.92 bits per heavy atom. The van der Waals surface area contributed by atoms with Gasteiger partial charge in [-0.25, -0.2) is 0 Å². The normalized spacial score (nSPS) is 12.2. The molecule has 0 fully saturated rings. The Balaban J connectivity index is 0.884. The number of aryl methyl sites for hydroxylation is 1.